The maximum Gasteiger partial charge on any atom is 0.147 e. The summed E-state index contributed by atoms with van der Waals surface area (Å²) in [6.45, 7) is 16.8. The van der Waals surface area contributed by atoms with Crippen molar-refractivity contribution in [3.05, 3.63) is 37.0 Å². The lowest BCUT2D eigenvalue weighted by Crippen LogP contribution is -2.32. The number of nitrogens with one attached hydrogen (secondary N) is 1. The van der Waals surface area contributed by atoms with Crippen molar-refractivity contribution in [3.8, 4) is 0 Å². The number of hydrogen-bond acceptors (Lipinski definition) is 2. The van der Waals surface area contributed by atoms with Gasteiger partial charge < -0.3 is 5.32 Å². The van der Waals surface area contributed by atoms with Crippen molar-refractivity contribution in [3.63, 3.8) is 0 Å². The average Bonchev–Trinajstić information content (AvgIpc) is 2.38. The van der Waals surface area contributed by atoms with Crippen molar-refractivity contribution in [2.45, 2.75) is 47.1 Å². The number of allylic oxidation sites excluding steroid dienone is 3. The van der Waals surface area contributed by atoms with Crippen LogP contribution >= 0.6 is 0 Å². The molecule has 0 aliphatic rings. The third-order valence-electron chi connectivity index (χ3n) is 1.87. The molecule has 2 heteroatoms. The van der Waals surface area contributed by atoms with E-state index in [0.29, 0.717) is 6.42 Å². The molecule has 0 spiro atoms. The number of Topliss-reactive ketones (excluding diaryl/α,β-unsaturated/α-hetero) is 1. The summed E-state index contributed by atoms with van der Waals surface area (Å²) in [6.07, 6.45) is 5.97. The number of hydrogen-bond donors (Lipinski definition) is 1. The molecule has 0 aliphatic heterocycles. The van der Waals surface area contributed by atoms with E-state index < -0.39 is 0 Å². The molecule has 0 heterocycles. The summed E-state index contributed by atoms with van der Waals surface area (Å²) in [6, 6.07) is -0.121. The van der Waals surface area contributed by atoms with Crippen molar-refractivity contribution >= 4 is 5.78 Å². The third kappa shape index (κ3) is 12.8. The van der Waals surface area contributed by atoms with Gasteiger partial charge in [0, 0.05) is 0 Å². The maximum atomic E-state index is 11.1. The van der Waals surface area contributed by atoms with Crippen molar-refractivity contribution in [1.82, 2.24) is 5.32 Å². The topological polar surface area (TPSA) is 29.1 Å². The molecule has 100 valence electrons. The number of rotatable bonds is 6. The van der Waals surface area contributed by atoms with Gasteiger partial charge in [-0.05, 0) is 26.0 Å². The number of carbonyl (C=O) groups excluding carboxylic acids is 1. The molecule has 0 saturated carbocycles. The van der Waals surface area contributed by atoms with Gasteiger partial charge >= 0.3 is 0 Å². The normalized spacial score (nSPS) is 11.1. The van der Waals surface area contributed by atoms with Crippen LogP contribution in [0.4, 0.5) is 0 Å². The Morgan fingerprint density at radius 2 is 1.71 bits per heavy atom. The van der Waals surface area contributed by atoms with E-state index in [4.69, 9.17) is 0 Å². The van der Waals surface area contributed by atoms with Crippen molar-refractivity contribution < 1.29 is 4.79 Å². The molecule has 2 nitrogen and oxygen atoms in total. The van der Waals surface area contributed by atoms with Gasteiger partial charge in [0.2, 0.25) is 0 Å². The molecular weight excluding hydrogens is 210 g/mol. The molecule has 0 fully saturated rings. The lowest BCUT2D eigenvalue weighted by Gasteiger charge is -2.12. The predicted molar refractivity (Wildman–Crippen MR) is 79.3 cm³/mol. The number of carbonyl (C=O) groups is 1. The van der Waals surface area contributed by atoms with Crippen molar-refractivity contribution in [2.75, 3.05) is 7.05 Å². The molecule has 1 N–H and O–H groups in total. The second-order valence-corrected chi connectivity index (χ2v) is 2.84. The van der Waals surface area contributed by atoms with Crippen molar-refractivity contribution in [2.24, 2.45) is 0 Å². The summed E-state index contributed by atoms with van der Waals surface area (Å²) in [5.74, 6) is 0.138. The highest BCUT2D eigenvalue weighted by molar-refractivity contribution is 5.81. The number of ketones is 1. The zero-order valence-electron chi connectivity index (χ0n) is 12.3. The average molecular weight is 239 g/mol. The highest BCUT2D eigenvalue weighted by Gasteiger charge is 2.11. The Kier molecular flexibility index (Phi) is 21.5. The first kappa shape index (κ1) is 21.2. The van der Waals surface area contributed by atoms with Gasteiger partial charge in [0.1, 0.15) is 5.78 Å². The standard InChI is InChI=1S/C11H17NO.2C2H6/c1-5-7-10(6-2)8-11(12-4)9(3)13;2*1-2/h5-7,11-12H,1-2,8H2,3-4H3;2*1-2H3/b10-7+;;. The van der Waals surface area contributed by atoms with E-state index in [0.717, 1.165) is 5.57 Å². The largest absolute Gasteiger partial charge is 0.310 e. The quantitative estimate of drug-likeness (QED) is 0.712. The first-order valence-electron chi connectivity index (χ1n) is 6.27. The summed E-state index contributed by atoms with van der Waals surface area (Å²) in [5.41, 5.74) is 1.02. The minimum absolute atomic E-state index is 0.121. The van der Waals surface area contributed by atoms with Crippen LogP contribution in [0.25, 0.3) is 0 Å². The van der Waals surface area contributed by atoms with Crippen LogP contribution in [0.1, 0.15) is 41.0 Å². The maximum absolute atomic E-state index is 11.1. The Labute approximate surface area is 108 Å². The summed E-state index contributed by atoms with van der Waals surface area (Å²) < 4.78 is 0. The number of likely N-dealkylation sites (N-methyl/N-ethyl adjacent to an activating group) is 1. The molecule has 1 atom stereocenters. The van der Waals surface area contributed by atoms with Gasteiger partial charge in [0.05, 0.1) is 6.04 Å². The van der Waals surface area contributed by atoms with Gasteiger partial charge in [0.15, 0.2) is 0 Å². The van der Waals surface area contributed by atoms with E-state index in [1.54, 1.807) is 26.1 Å². The molecule has 17 heavy (non-hydrogen) atoms. The van der Waals surface area contributed by atoms with E-state index in [2.05, 4.69) is 18.5 Å². The highest BCUT2D eigenvalue weighted by Crippen LogP contribution is 2.07. The highest BCUT2D eigenvalue weighted by atomic mass is 16.1. The fraction of sp³-hybridized carbons (Fsp3) is 0.533. The van der Waals surface area contributed by atoms with E-state index in [-0.39, 0.29) is 11.8 Å². The molecule has 0 aromatic rings. The zero-order valence-corrected chi connectivity index (χ0v) is 12.3. The molecule has 0 amide bonds. The van der Waals surface area contributed by atoms with E-state index in [9.17, 15) is 4.79 Å². The molecule has 0 aromatic carbocycles. The lowest BCUT2D eigenvalue weighted by atomic mass is 10.0. The van der Waals surface area contributed by atoms with Gasteiger partial charge in [-0.3, -0.25) is 4.79 Å². The fourth-order valence-electron chi connectivity index (χ4n) is 1.06. The summed E-state index contributed by atoms with van der Waals surface area (Å²) in [7, 11) is 1.78. The summed E-state index contributed by atoms with van der Waals surface area (Å²) in [5, 5.41) is 2.95. The lowest BCUT2D eigenvalue weighted by molar-refractivity contribution is -0.118. The second kappa shape index (κ2) is 17.3. The van der Waals surface area contributed by atoms with Gasteiger partial charge in [-0.25, -0.2) is 0 Å². The Bertz CT molecular complexity index is 229. The first-order chi connectivity index (χ1) is 8.15. The fourth-order valence-corrected chi connectivity index (χ4v) is 1.06. The molecule has 1 unspecified atom stereocenters. The molecule has 0 aliphatic carbocycles. The summed E-state index contributed by atoms with van der Waals surface area (Å²) >= 11 is 0. The van der Waals surface area contributed by atoms with Crippen LogP contribution in [0.15, 0.2) is 37.0 Å². The van der Waals surface area contributed by atoms with Crippen LogP contribution in [-0.4, -0.2) is 18.9 Å². The molecule has 0 radical (unpaired) electrons. The Morgan fingerprint density at radius 1 is 1.24 bits per heavy atom. The Hall–Kier alpha value is -1.15. The molecular formula is C15H29NO. The van der Waals surface area contributed by atoms with Crippen molar-refractivity contribution in [1.29, 1.82) is 0 Å². The van der Waals surface area contributed by atoms with Crippen LogP contribution in [0, 0.1) is 0 Å². The third-order valence-corrected chi connectivity index (χ3v) is 1.87. The molecule has 0 saturated heterocycles. The summed E-state index contributed by atoms with van der Waals surface area (Å²) in [4.78, 5) is 11.1. The first-order valence-corrected chi connectivity index (χ1v) is 6.27. The smallest absolute Gasteiger partial charge is 0.147 e. The molecule has 0 bridgehead atoms. The van der Waals surface area contributed by atoms with Gasteiger partial charge in [-0.15, -0.1) is 0 Å². The second-order valence-electron chi connectivity index (χ2n) is 2.84. The van der Waals surface area contributed by atoms with Gasteiger partial charge in [-0.1, -0.05) is 59.1 Å². The van der Waals surface area contributed by atoms with Gasteiger partial charge in [-0.2, -0.15) is 0 Å². The van der Waals surface area contributed by atoms with Crippen LogP contribution in [0.2, 0.25) is 0 Å². The molecule has 0 aromatic heterocycles. The predicted octanol–water partition coefficient (Wildman–Crippen LogP) is 3.90. The SMILES string of the molecule is C=C/C=C(\C=C)CC(NC)C(C)=O.CC.CC. The zero-order chi connectivity index (χ0) is 14.3. The Morgan fingerprint density at radius 3 is 1.94 bits per heavy atom. The van der Waals surface area contributed by atoms with Crippen LogP contribution in [-0.2, 0) is 4.79 Å². The minimum atomic E-state index is -0.121. The van der Waals surface area contributed by atoms with Crippen LogP contribution in [0.3, 0.4) is 0 Å². The van der Waals surface area contributed by atoms with E-state index in [1.165, 1.54) is 0 Å². The minimum Gasteiger partial charge on any atom is -0.310 e. The molecule has 0 rings (SSSR count). The van der Waals surface area contributed by atoms with Crippen LogP contribution < -0.4 is 5.32 Å². The van der Waals surface area contributed by atoms with E-state index in [1.807, 2.05) is 33.8 Å². The van der Waals surface area contributed by atoms with E-state index >= 15 is 0 Å². The van der Waals surface area contributed by atoms with Gasteiger partial charge in [0.25, 0.3) is 0 Å². The van der Waals surface area contributed by atoms with Crippen LogP contribution in [0.5, 0.6) is 0 Å². The monoisotopic (exact) mass is 239 g/mol. The Balaban J connectivity index is -0.000000439.